The fourth-order valence-corrected chi connectivity index (χ4v) is 2.92. The molecule has 0 aromatic carbocycles. The van der Waals surface area contributed by atoms with Crippen LogP contribution in [0.5, 0.6) is 0 Å². The average Bonchev–Trinajstić information content (AvgIpc) is 2.12. The first-order chi connectivity index (χ1) is 7.99. The lowest BCUT2D eigenvalue weighted by Crippen LogP contribution is -2.44. The molecule has 0 aliphatic heterocycles. The maximum Gasteiger partial charge on any atom is 0.303 e. The molecule has 0 aromatic rings. The van der Waals surface area contributed by atoms with Crippen LogP contribution in [0.4, 0.5) is 0 Å². The molecule has 2 atom stereocenters. The van der Waals surface area contributed by atoms with E-state index in [4.69, 9.17) is 9.16 Å². The summed E-state index contributed by atoms with van der Waals surface area (Å²) in [6.07, 6.45) is 2.12. The Morgan fingerprint density at radius 2 is 1.89 bits per heavy atom. The molecule has 0 saturated heterocycles. The molecule has 18 heavy (non-hydrogen) atoms. The summed E-state index contributed by atoms with van der Waals surface area (Å²) in [7, 11) is -1.76. The molecule has 0 heterocycles. The van der Waals surface area contributed by atoms with Gasteiger partial charge in [-0.05, 0) is 25.1 Å². The van der Waals surface area contributed by atoms with Gasteiger partial charge in [0, 0.05) is 19.4 Å². The smallest absolute Gasteiger partial charge is 0.303 e. The average molecular weight is 272 g/mol. The molecule has 0 aromatic heterocycles. The van der Waals surface area contributed by atoms with Crippen molar-refractivity contribution >= 4 is 14.3 Å². The normalized spacial score (nSPS) is 15.9. The number of esters is 1. The van der Waals surface area contributed by atoms with Crippen molar-refractivity contribution in [3.63, 3.8) is 0 Å². The van der Waals surface area contributed by atoms with Crippen molar-refractivity contribution in [2.24, 2.45) is 0 Å². The van der Waals surface area contributed by atoms with Crippen LogP contribution in [-0.4, -0.2) is 26.5 Å². The summed E-state index contributed by atoms with van der Waals surface area (Å²) < 4.78 is 11.4. The molecule has 3 nitrogen and oxygen atoms in total. The molecular weight excluding hydrogens is 244 g/mol. The lowest BCUT2D eigenvalue weighted by molar-refractivity contribution is -0.145. The van der Waals surface area contributed by atoms with E-state index in [1.807, 2.05) is 6.92 Å². The van der Waals surface area contributed by atoms with Crippen LogP contribution < -0.4 is 0 Å². The Labute approximate surface area is 113 Å². The fraction of sp³-hybridized carbons (Fsp3) is 0.786. The highest BCUT2D eigenvalue weighted by atomic mass is 28.4. The zero-order chi connectivity index (χ0) is 14.6. The van der Waals surface area contributed by atoms with Crippen molar-refractivity contribution in [2.45, 2.75) is 71.4 Å². The van der Waals surface area contributed by atoms with Crippen molar-refractivity contribution in [3.05, 3.63) is 12.7 Å². The zero-order valence-corrected chi connectivity index (χ0v) is 13.9. The van der Waals surface area contributed by atoms with Crippen LogP contribution in [0.1, 0.15) is 41.0 Å². The predicted molar refractivity (Wildman–Crippen MR) is 78.1 cm³/mol. The first-order valence-corrected chi connectivity index (χ1v) is 9.38. The van der Waals surface area contributed by atoms with Gasteiger partial charge in [-0.15, -0.1) is 0 Å². The van der Waals surface area contributed by atoms with Crippen molar-refractivity contribution in [1.82, 2.24) is 0 Å². The van der Waals surface area contributed by atoms with Crippen LogP contribution >= 0.6 is 0 Å². The number of carbonyl (C=O) groups excluding carboxylic acids is 1. The van der Waals surface area contributed by atoms with E-state index >= 15 is 0 Å². The summed E-state index contributed by atoms with van der Waals surface area (Å²) >= 11 is 0. The SMILES string of the molecule is C=C[C@@H](C[C@@H](C)O[Si](C)(C)C(C)(C)C)OC(C)=O. The molecule has 0 amide bonds. The van der Waals surface area contributed by atoms with Gasteiger partial charge in [-0.1, -0.05) is 33.4 Å². The number of hydrogen-bond donors (Lipinski definition) is 0. The molecule has 0 fully saturated rings. The molecular formula is C14H28O3Si. The molecule has 0 rings (SSSR count). The standard InChI is InChI=1S/C14H28O3Si/c1-9-13(16-12(3)15)10-11(2)17-18(7,8)14(4,5)6/h9,11,13H,1,10H2,2-8H3/t11-,13+/m1/s1. The van der Waals surface area contributed by atoms with Crippen LogP contribution in [0.15, 0.2) is 12.7 Å². The number of ether oxygens (including phenoxy) is 1. The molecule has 0 bridgehead atoms. The second kappa shape index (κ2) is 6.52. The second-order valence-corrected chi connectivity index (χ2v) is 11.1. The molecule has 0 aliphatic carbocycles. The number of rotatable bonds is 6. The van der Waals surface area contributed by atoms with Crippen LogP contribution in [0.2, 0.25) is 18.1 Å². The largest absolute Gasteiger partial charge is 0.458 e. The quantitative estimate of drug-likeness (QED) is 0.418. The number of carbonyl (C=O) groups is 1. The van der Waals surface area contributed by atoms with Crippen molar-refractivity contribution in [1.29, 1.82) is 0 Å². The van der Waals surface area contributed by atoms with E-state index in [1.165, 1.54) is 6.92 Å². The molecule has 0 N–H and O–H groups in total. The molecule has 0 aliphatic rings. The molecule has 0 spiro atoms. The van der Waals surface area contributed by atoms with Crippen LogP contribution in [0, 0.1) is 0 Å². The molecule has 106 valence electrons. The topological polar surface area (TPSA) is 35.5 Å². The first kappa shape index (κ1) is 17.4. The Morgan fingerprint density at radius 1 is 1.39 bits per heavy atom. The van der Waals surface area contributed by atoms with E-state index in [2.05, 4.69) is 40.4 Å². The van der Waals surface area contributed by atoms with Gasteiger partial charge in [-0.25, -0.2) is 0 Å². The summed E-state index contributed by atoms with van der Waals surface area (Å²) in [6.45, 7) is 18.2. The van der Waals surface area contributed by atoms with Gasteiger partial charge < -0.3 is 9.16 Å². The van der Waals surface area contributed by atoms with Crippen molar-refractivity contribution in [3.8, 4) is 0 Å². The van der Waals surface area contributed by atoms with Crippen LogP contribution in [-0.2, 0) is 14.0 Å². The molecule has 0 saturated carbocycles. The highest BCUT2D eigenvalue weighted by molar-refractivity contribution is 6.74. The third-order valence-corrected chi connectivity index (χ3v) is 8.05. The first-order valence-electron chi connectivity index (χ1n) is 6.47. The monoisotopic (exact) mass is 272 g/mol. The van der Waals surface area contributed by atoms with E-state index in [9.17, 15) is 4.79 Å². The fourth-order valence-electron chi connectivity index (χ4n) is 1.46. The zero-order valence-electron chi connectivity index (χ0n) is 12.9. The lowest BCUT2D eigenvalue weighted by Gasteiger charge is -2.38. The highest BCUT2D eigenvalue weighted by Gasteiger charge is 2.38. The van der Waals surface area contributed by atoms with Gasteiger partial charge in [0.2, 0.25) is 0 Å². The minimum atomic E-state index is -1.76. The van der Waals surface area contributed by atoms with Crippen molar-refractivity contribution in [2.75, 3.05) is 0 Å². The predicted octanol–water partition coefficient (Wildman–Crippen LogP) is 3.90. The Bertz CT molecular complexity index is 292. The van der Waals surface area contributed by atoms with Gasteiger partial charge in [-0.3, -0.25) is 4.79 Å². The molecule has 4 heteroatoms. The van der Waals surface area contributed by atoms with E-state index in [1.54, 1.807) is 6.08 Å². The van der Waals surface area contributed by atoms with Crippen molar-refractivity contribution < 1.29 is 14.0 Å². The van der Waals surface area contributed by atoms with Gasteiger partial charge in [0.15, 0.2) is 8.32 Å². The summed E-state index contributed by atoms with van der Waals surface area (Å²) in [6, 6.07) is 0. The van der Waals surface area contributed by atoms with E-state index in [0.29, 0.717) is 6.42 Å². The van der Waals surface area contributed by atoms with Gasteiger partial charge in [0.05, 0.1) is 0 Å². The second-order valence-electron chi connectivity index (χ2n) is 6.31. The number of hydrogen-bond acceptors (Lipinski definition) is 3. The highest BCUT2D eigenvalue weighted by Crippen LogP contribution is 2.37. The van der Waals surface area contributed by atoms with Crippen LogP contribution in [0.3, 0.4) is 0 Å². The molecule has 0 radical (unpaired) electrons. The minimum Gasteiger partial charge on any atom is -0.458 e. The third kappa shape index (κ3) is 5.82. The van der Waals surface area contributed by atoms with Gasteiger partial charge in [0.25, 0.3) is 0 Å². The van der Waals surface area contributed by atoms with Crippen LogP contribution in [0.25, 0.3) is 0 Å². The minimum absolute atomic E-state index is 0.0632. The maximum absolute atomic E-state index is 10.9. The van der Waals surface area contributed by atoms with Gasteiger partial charge >= 0.3 is 5.97 Å². The Kier molecular flexibility index (Phi) is 6.30. The maximum atomic E-state index is 10.9. The third-order valence-electron chi connectivity index (χ3n) is 3.45. The Balaban J connectivity index is 4.45. The van der Waals surface area contributed by atoms with Gasteiger partial charge in [0.1, 0.15) is 6.10 Å². The summed E-state index contributed by atoms with van der Waals surface area (Å²) in [5.41, 5.74) is 0. The summed E-state index contributed by atoms with van der Waals surface area (Å²) in [4.78, 5) is 10.9. The lowest BCUT2D eigenvalue weighted by atomic mass is 10.2. The summed E-state index contributed by atoms with van der Waals surface area (Å²) in [5.74, 6) is -0.278. The summed E-state index contributed by atoms with van der Waals surface area (Å²) in [5, 5.41) is 0.187. The van der Waals surface area contributed by atoms with E-state index in [0.717, 1.165) is 0 Å². The Hall–Kier alpha value is -0.613. The van der Waals surface area contributed by atoms with E-state index < -0.39 is 8.32 Å². The molecule has 0 unspecified atom stereocenters. The Morgan fingerprint density at radius 3 is 2.22 bits per heavy atom. The van der Waals surface area contributed by atoms with E-state index in [-0.39, 0.29) is 23.2 Å². The van der Waals surface area contributed by atoms with Gasteiger partial charge in [-0.2, -0.15) is 0 Å².